The molecule has 0 fully saturated rings. The van der Waals surface area contributed by atoms with E-state index in [1.165, 1.54) is 30.7 Å². The van der Waals surface area contributed by atoms with Gasteiger partial charge in [0, 0.05) is 17.9 Å². The fourth-order valence-electron chi connectivity index (χ4n) is 2.96. The van der Waals surface area contributed by atoms with Crippen molar-refractivity contribution in [1.29, 1.82) is 0 Å². The van der Waals surface area contributed by atoms with E-state index in [2.05, 4.69) is 24.1 Å². The van der Waals surface area contributed by atoms with Gasteiger partial charge in [0.05, 0.1) is 0 Å². The summed E-state index contributed by atoms with van der Waals surface area (Å²) in [7, 11) is 0. The van der Waals surface area contributed by atoms with Gasteiger partial charge in [0.25, 0.3) is 0 Å². The number of aromatic nitrogens is 1. The number of nitrogens with one attached hydrogen (secondary N) is 2. The second-order valence-corrected chi connectivity index (χ2v) is 5.48. The Labute approximate surface area is 85.1 Å². The molecule has 2 heteroatoms. The minimum Gasteiger partial charge on any atom is -0.361 e. The third-order valence-electron chi connectivity index (χ3n) is 3.56. The van der Waals surface area contributed by atoms with Gasteiger partial charge in [-0.05, 0) is 42.3 Å². The maximum absolute atomic E-state index is 3.61. The van der Waals surface area contributed by atoms with E-state index in [1.807, 2.05) is 0 Å². The third kappa shape index (κ3) is 1.13. The molecule has 0 unspecified atom stereocenters. The lowest BCUT2D eigenvalue weighted by Crippen LogP contribution is -2.24. The van der Waals surface area contributed by atoms with Gasteiger partial charge in [0.15, 0.2) is 0 Å². The molecular weight excluding hydrogens is 172 g/mol. The maximum atomic E-state index is 3.61. The highest BCUT2D eigenvalue weighted by Gasteiger charge is 2.33. The lowest BCUT2D eigenvalue weighted by atomic mass is 9.89. The Bertz CT molecular complexity index is 374. The van der Waals surface area contributed by atoms with Crippen molar-refractivity contribution in [1.82, 2.24) is 10.3 Å². The van der Waals surface area contributed by atoms with Crippen molar-refractivity contribution in [3.63, 3.8) is 0 Å². The van der Waals surface area contributed by atoms with E-state index in [0.717, 1.165) is 13.1 Å². The third-order valence-corrected chi connectivity index (χ3v) is 3.56. The summed E-state index contributed by atoms with van der Waals surface area (Å²) in [5.74, 6) is 0. The fourth-order valence-corrected chi connectivity index (χ4v) is 2.96. The summed E-state index contributed by atoms with van der Waals surface area (Å²) in [5.41, 5.74) is 6.73. The van der Waals surface area contributed by atoms with Crippen LogP contribution in [0.4, 0.5) is 0 Å². The van der Waals surface area contributed by atoms with Crippen molar-refractivity contribution in [3.05, 3.63) is 22.5 Å². The molecule has 2 N–H and O–H groups in total. The molecule has 0 spiro atoms. The van der Waals surface area contributed by atoms with Gasteiger partial charge >= 0.3 is 0 Å². The average molecular weight is 190 g/mol. The lowest BCUT2D eigenvalue weighted by molar-refractivity contribution is 0.387. The molecule has 0 bridgehead atoms. The summed E-state index contributed by atoms with van der Waals surface area (Å²) in [6, 6.07) is 0. The molecule has 14 heavy (non-hydrogen) atoms. The van der Waals surface area contributed by atoms with Crippen LogP contribution in [0.25, 0.3) is 0 Å². The smallest absolute Gasteiger partial charge is 0.0360 e. The lowest BCUT2D eigenvalue weighted by Gasteiger charge is -2.19. The first kappa shape index (κ1) is 8.54. The van der Waals surface area contributed by atoms with Gasteiger partial charge in [-0.2, -0.15) is 0 Å². The summed E-state index contributed by atoms with van der Waals surface area (Å²) in [6.45, 7) is 6.93. The van der Waals surface area contributed by atoms with E-state index < -0.39 is 0 Å². The zero-order valence-electron chi connectivity index (χ0n) is 9.04. The zero-order valence-corrected chi connectivity index (χ0v) is 9.04. The maximum Gasteiger partial charge on any atom is 0.0360 e. The molecule has 0 radical (unpaired) electrons. The highest BCUT2D eigenvalue weighted by Crippen LogP contribution is 2.39. The molecule has 0 atom stereocenters. The first-order chi connectivity index (χ1) is 6.66. The average Bonchev–Trinajstić information content (AvgIpc) is 2.56. The first-order valence-electron chi connectivity index (χ1n) is 5.58. The van der Waals surface area contributed by atoms with Crippen LogP contribution in [0.2, 0.25) is 0 Å². The molecule has 0 saturated heterocycles. The Balaban J connectivity index is 2.05. The van der Waals surface area contributed by atoms with Gasteiger partial charge < -0.3 is 10.3 Å². The molecule has 0 saturated carbocycles. The van der Waals surface area contributed by atoms with Crippen LogP contribution < -0.4 is 5.32 Å². The number of hydrogen-bond donors (Lipinski definition) is 2. The summed E-state index contributed by atoms with van der Waals surface area (Å²) in [6.07, 6.45) is 3.72. The van der Waals surface area contributed by atoms with Crippen LogP contribution in [-0.4, -0.2) is 11.5 Å². The monoisotopic (exact) mass is 190 g/mol. The van der Waals surface area contributed by atoms with Crippen LogP contribution in [-0.2, 0) is 25.8 Å². The second kappa shape index (κ2) is 2.63. The highest BCUT2D eigenvalue weighted by molar-refractivity contribution is 5.42. The predicted octanol–water partition coefficient (Wildman–Crippen LogP) is 1.79. The summed E-state index contributed by atoms with van der Waals surface area (Å²) in [4.78, 5) is 3.61. The van der Waals surface area contributed by atoms with Crippen molar-refractivity contribution in [2.75, 3.05) is 6.54 Å². The van der Waals surface area contributed by atoms with Gasteiger partial charge in [0.1, 0.15) is 0 Å². The van der Waals surface area contributed by atoms with Crippen molar-refractivity contribution in [3.8, 4) is 0 Å². The van der Waals surface area contributed by atoms with E-state index in [-0.39, 0.29) is 0 Å². The van der Waals surface area contributed by atoms with Crippen molar-refractivity contribution in [2.24, 2.45) is 5.41 Å². The van der Waals surface area contributed by atoms with E-state index in [4.69, 9.17) is 0 Å². The number of fused-ring (bicyclic) bond motifs is 3. The van der Waals surface area contributed by atoms with Crippen molar-refractivity contribution in [2.45, 2.75) is 39.7 Å². The molecule has 2 aliphatic rings. The predicted molar refractivity (Wildman–Crippen MR) is 57.4 cm³/mol. The molecule has 0 aromatic carbocycles. The van der Waals surface area contributed by atoms with Gasteiger partial charge in [-0.25, -0.2) is 0 Å². The molecular formula is C12H18N2. The number of H-pyrrole nitrogens is 1. The van der Waals surface area contributed by atoms with E-state index in [0.29, 0.717) is 5.41 Å². The minimum absolute atomic E-state index is 0.487. The van der Waals surface area contributed by atoms with Crippen LogP contribution in [0.5, 0.6) is 0 Å². The van der Waals surface area contributed by atoms with Gasteiger partial charge in [-0.3, -0.25) is 0 Å². The molecule has 3 rings (SSSR count). The van der Waals surface area contributed by atoms with Gasteiger partial charge in [-0.15, -0.1) is 0 Å². The largest absolute Gasteiger partial charge is 0.361 e. The van der Waals surface area contributed by atoms with Crippen molar-refractivity contribution >= 4 is 0 Å². The molecule has 1 aliphatic carbocycles. The Morgan fingerprint density at radius 2 is 1.93 bits per heavy atom. The zero-order chi connectivity index (χ0) is 9.76. The Morgan fingerprint density at radius 1 is 1.07 bits per heavy atom. The van der Waals surface area contributed by atoms with Crippen LogP contribution in [0.1, 0.15) is 36.4 Å². The number of aromatic amines is 1. The molecule has 2 nitrogen and oxygen atoms in total. The number of hydrogen-bond acceptors (Lipinski definition) is 1. The molecule has 0 amide bonds. The summed E-state index contributed by atoms with van der Waals surface area (Å²) >= 11 is 0. The number of rotatable bonds is 0. The second-order valence-electron chi connectivity index (χ2n) is 5.48. The van der Waals surface area contributed by atoms with Gasteiger partial charge in [0.2, 0.25) is 0 Å². The minimum atomic E-state index is 0.487. The molecule has 1 aromatic heterocycles. The van der Waals surface area contributed by atoms with Crippen molar-refractivity contribution < 1.29 is 0 Å². The topological polar surface area (TPSA) is 27.8 Å². The SMILES string of the molecule is CC1(C)Cc2[nH]c3c(c2C1)CCNC3. The molecule has 1 aliphatic heterocycles. The molecule has 2 heterocycles. The normalized spacial score (nSPS) is 23.3. The first-order valence-corrected chi connectivity index (χ1v) is 5.58. The van der Waals surface area contributed by atoms with E-state index in [1.54, 1.807) is 11.1 Å². The molecule has 1 aromatic rings. The van der Waals surface area contributed by atoms with Crippen LogP contribution in [0.3, 0.4) is 0 Å². The van der Waals surface area contributed by atoms with E-state index >= 15 is 0 Å². The quantitative estimate of drug-likeness (QED) is 0.641. The Kier molecular flexibility index (Phi) is 1.61. The Morgan fingerprint density at radius 3 is 2.79 bits per heavy atom. The van der Waals surface area contributed by atoms with E-state index in [9.17, 15) is 0 Å². The molecule has 76 valence electrons. The summed E-state index contributed by atoms with van der Waals surface area (Å²) in [5, 5.41) is 3.42. The highest BCUT2D eigenvalue weighted by atomic mass is 14.9. The van der Waals surface area contributed by atoms with Crippen LogP contribution >= 0.6 is 0 Å². The van der Waals surface area contributed by atoms with Gasteiger partial charge in [-0.1, -0.05) is 13.8 Å². The Hall–Kier alpha value is -0.760. The van der Waals surface area contributed by atoms with Crippen LogP contribution in [0, 0.1) is 5.41 Å². The van der Waals surface area contributed by atoms with Crippen LogP contribution in [0.15, 0.2) is 0 Å². The standard InChI is InChI=1S/C12H18N2/c1-12(2)5-9-8-3-4-13-7-11(8)14-10(9)6-12/h13-14H,3-7H2,1-2H3. The summed E-state index contributed by atoms with van der Waals surface area (Å²) < 4.78 is 0. The fraction of sp³-hybridized carbons (Fsp3) is 0.667.